The van der Waals surface area contributed by atoms with E-state index in [4.69, 9.17) is 0 Å². The fraction of sp³-hybridized carbons (Fsp3) is 0.357. The molecule has 0 aromatic heterocycles. The molecule has 1 atom stereocenters. The zero-order valence-electron chi connectivity index (χ0n) is 9.81. The number of β-amino-alcohol motifs (C(OH)–C–C–N with tert-alkyl or cyclic N) is 1. The van der Waals surface area contributed by atoms with Crippen LogP contribution in [0.2, 0.25) is 0 Å². The SMILES string of the molecule is CC1(O)CCN(C(=O)C#Cc2ccccc2)C1. The van der Waals surface area contributed by atoms with Gasteiger partial charge in [0.25, 0.3) is 5.91 Å². The van der Waals surface area contributed by atoms with E-state index in [0.717, 1.165) is 5.56 Å². The fourth-order valence-corrected chi connectivity index (χ4v) is 1.84. The van der Waals surface area contributed by atoms with E-state index in [1.54, 1.807) is 11.8 Å². The minimum absolute atomic E-state index is 0.216. The lowest BCUT2D eigenvalue weighted by Gasteiger charge is -2.16. The van der Waals surface area contributed by atoms with Gasteiger partial charge in [0.2, 0.25) is 0 Å². The molecule has 88 valence electrons. The van der Waals surface area contributed by atoms with Crippen molar-refractivity contribution in [3.63, 3.8) is 0 Å². The van der Waals surface area contributed by atoms with Crippen LogP contribution in [-0.4, -0.2) is 34.6 Å². The minimum atomic E-state index is -0.760. The van der Waals surface area contributed by atoms with E-state index in [9.17, 15) is 9.90 Å². The molecule has 1 aliphatic heterocycles. The van der Waals surface area contributed by atoms with Crippen LogP contribution in [-0.2, 0) is 4.79 Å². The smallest absolute Gasteiger partial charge is 0.298 e. The summed E-state index contributed by atoms with van der Waals surface area (Å²) in [6.45, 7) is 2.69. The van der Waals surface area contributed by atoms with Crippen LogP contribution in [0.1, 0.15) is 18.9 Å². The molecule has 0 aliphatic carbocycles. The normalized spacial score (nSPS) is 23.1. The number of amides is 1. The van der Waals surface area contributed by atoms with Crippen LogP contribution in [0.25, 0.3) is 0 Å². The molecule has 1 aromatic carbocycles. The van der Waals surface area contributed by atoms with Gasteiger partial charge in [0, 0.05) is 18.0 Å². The molecule has 1 fully saturated rings. The third-order valence-electron chi connectivity index (χ3n) is 2.83. The summed E-state index contributed by atoms with van der Waals surface area (Å²) in [6.07, 6.45) is 0.617. The minimum Gasteiger partial charge on any atom is -0.388 e. The van der Waals surface area contributed by atoms with Crippen LogP contribution < -0.4 is 0 Å². The molecule has 1 aromatic rings. The number of carbonyl (C=O) groups is 1. The average molecular weight is 229 g/mol. The third-order valence-corrected chi connectivity index (χ3v) is 2.83. The summed E-state index contributed by atoms with van der Waals surface area (Å²) in [6, 6.07) is 9.40. The number of carbonyl (C=O) groups excluding carboxylic acids is 1. The Morgan fingerprint density at radius 3 is 2.71 bits per heavy atom. The number of aliphatic hydroxyl groups is 1. The van der Waals surface area contributed by atoms with Crippen molar-refractivity contribution >= 4 is 5.91 Å². The summed E-state index contributed by atoms with van der Waals surface area (Å²) in [5, 5.41) is 9.76. The molecule has 0 radical (unpaired) electrons. The Morgan fingerprint density at radius 1 is 1.41 bits per heavy atom. The van der Waals surface area contributed by atoms with E-state index < -0.39 is 5.60 Å². The molecular formula is C14H15NO2. The largest absolute Gasteiger partial charge is 0.388 e. The third kappa shape index (κ3) is 3.08. The standard InChI is InChI=1S/C14H15NO2/c1-14(17)9-10-15(11-14)13(16)8-7-12-5-3-2-4-6-12/h2-6,17H,9-11H2,1H3. The highest BCUT2D eigenvalue weighted by Crippen LogP contribution is 2.19. The highest BCUT2D eigenvalue weighted by Gasteiger charge is 2.33. The zero-order chi connectivity index (χ0) is 12.3. The predicted octanol–water partition coefficient (Wildman–Crippen LogP) is 1.02. The maximum absolute atomic E-state index is 11.7. The lowest BCUT2D eigenvalue weighted by molar-refractivity contribution is -0.124. The fourth-order valence-electron chi connectivity index (χ4n) is 1.84. The van der Waals surface area contributed by atoms with Crippen LogP contribution in [0.3, 0.4) is 0 Å². The van der Waals surface area contributed by atoms with Crippen molar-refractivity contribution in [3.8, 4) is 11.8 Å². The van der Waals surface area contributed by atoms with Gasteiger partial charge >= 0.3 is 0 Å². The second-order valence-electron chi connectivity index (χ2n) is 4.59. The summed E-state index contributed by atoms with van der Waals surface area (Å²) in [5.74, 6) is 5.21. The van der Waals surface area contributed by atoms with E-state index >= 15 is 0 Å². The van der Waals surface area contributed by atoms with Crippen molar-refractivity contribution in [1.29, 1.82) is 0 Å². The van der Waals surface area contributed by atoms with Crippen molar-refractivity contribution < 1.29 is 9.90 Å². The lowest BCUT2D eigenvalue weighted by atomic mass is 10.1. The highest BCUT2D eigenvalue weighted by molar-refractivity contribution is 5.94. The van der Waals surface area contributed by atoms with Crippen molar-refractivity contribution in [3.05, 3.63) is 35.9 Å². The second-order valence-corrected chi connectivity index (χ2v) is 4.59. The Labute approximate surface area is 101 Å². The van der Waals surface area contributed by atoms with E-state index in [2.05, 4.69) is 11.8 Å². The zero-order valence-corrected chi connectivity index (χ0v) is 9.81. The number of likely N-dealkylation sites (tertiary alicyclic amines) is 1. The summed E-state index contributed by atoms with van der Waals surface area (Å²) < 4.78 is 0. The molecule has 0 bridgehead atoms. The highest BCUT2D eigenvalue weighted by atomic mass is 16.3. The molecule has 1 unspecified atom stereocenters. The van der Waals surface area contributed by atoms with Gasteiger partial charge in [-0.15, -0.1) is 0 Å². The summed E-state index contributed by atoms with van der Waals surface area (Å²) in [7, 11) is 0. The Kier molecular flexibility index (Phi) is 3.16. The first-order valence-corrected chi connectivity index (χ1v) is 5.65. The van der Waals surface area contributed by atoms with Gasteiger partial charge in [-0.05, 0) is 25.5 Å². The summed E-state index contributed by atoms with van der Waals surface area (Å²) in [5.41, 5.74) is 0.0659. The van der Waals surface area contributed by atoms with Gasteiger partial charge in [0.05, 0.1) is 12.1 Å². The van der Waals surface area contributed by atoms with Gasteiger partial charge in [0.15, 0.2) is 0 Å². The summed E-state index contributed by atoms with van der Waals surface area (Å²) in [4.78, 5) is 13.3. The number of benzene rings is 1. The lowest BCUT2D eigenvalue weighted by Crippen LogP contribution is -2.33. The molecule has 1 saturated heterocycles. The predicted molar refractivity (Wildman–Crippen MR) is 65.1 cm³/mol. The maximum Gasteiger partial charge on any atom is 0.298 e. The van der Waals surface area contributed by atoms with E-state index in [1.807, 2.05) is 30.3 Å². The van der Waals surface area contributed by atoms with Gasteiger partial charge in [-0.25, -0.2) is 0 Å². The van der Waals surface area contributed by atoms with Crippen molar-refractivity contribution in [1.82, 2.24) is 4.90 Å². The Hall–Kier alpha value is -1.79. The molecule has 1 N–H and O–H groups in total. The second kappa shape index (κ2) is 4.60. The van der Waals surface area contributed by atoms with Gasteiger partial charge in [-0.2, -0.15) is 0 Å². The van der Waals surface area contributed by atoms with Gasteiger partial charge in [-0.3, -0.25) is 4.79 Å². The molecule has 3 heteroatoms. The van der Waals surface area contributed by atoms with Crippen LogP contribution >= 0.6 is 0 Å². The Bertz CT molecular complexity index is 468. The van der Waals surface area contributed by atoms with E-state index in [1.165, 1.54) is 0 Å². The number of hydrogen-bond donors (Lipinski definition) is 1. The first-order valence-electron chi connectivity index (χ1n) is 5.65. The monoisotopic (exact) mass is 229 g/mol. The number of nitrogens with zero attached hydrogens (tertiary/aromatic N) is 1. The molecule has 0 spiro atoms. The molecule has 0 saturated carbocycles. The Morgan fingerprint density at radius 2 is 2.12 bits per heavy atom. The number of hydrogen-bond acceptors (Lipinski definition) is 2. The average Bonchev–Trinajstić information content (AvgIpc) is 2.68. The van der Waals surface area contributed by atoms with Crippen molar-refractivity contribution in [2.45, 2.75) is 18.9 Å². The van der Waals surface area contributed by atoms with E-state index in [-0.39, 0.29) is 5.91 Å². The van der Waals surface area contributed by atoms with Crippen LogP contribution in [0.4, 0.5) is 0 Å². The Balaban J connectivity index is 2.02. The quantitative estimate of drug-likeness (QED) is 0.675. The van der Waals surface area contributed by atoms with E-state index in [0.29, 0.717) is 19.5 Å². The van der Waals surface area contributed by atoms with Crippen LogP contribution in [0.15, 0.2) is 30.3 Å². The molecule has 17 heavy (non-hydrogen) atoms. The van der Waals surface area contributed by atoms with Gasteiger partial charge in [0.1, 0.15) is 0 Å². The molecular weight excluding hydrogens is 214 g/mol. The van der Waals surface area contributed by atoms with Gasteiger partial charge < -0.3 is 10.0 Å². The maximum atomic E-state index is 11.7. The van der Waals surface area contributed by atoms with Crippen LogP contribution in [0.5, 0.6) is 0 Å². The first-order chi connectivity index (χ1) is 8.07. The van der Waals surface area contributed by atoms with Crippen molar-refractivity contribution in [2.75, 3.05) is 13.1 Å². The molecule has 1 aliphatic rings. The topological polar surface area (TPSA) is 40.5 Å². The molecule has 1 amide bonds. The first kappa shape index (κ1) is 11.7. The summed E-state index contributed by atoms with van der Waals surface area (Å²) >= 11 is 0. The number of rotatable bonds is 0. The van der Waals surface area contributed by atoms with Crippen molar-refractivity contribution in [2.24, 2.45) is 0 Å². The van der Waals surface area contributed by atoms with Crippen LogP contribution in [0, 0.1) is 11.8 Å². The molecule has 1 heterocycles. The molecule has 2 rings (SSSR count). The molecule has 3 nitrogen and oxygen atoms in total. The van der Waals surface area contributed by atoms with Gasteiger partial charge in [-0.1, -0.05) is 24.1 Å².